The monoisotopic (exact) mass is 401 g/mol. The molecule has 0 spiro atoms. The van der Waals surface area contributed by atoms with E-state index in [1.807, 2.05) is 0 Å². The normalized spacial score (nSPS) is 17.1. The molecule has 1 fully saturated rings. The van der Waals surface area contributed by atoms with Crippen LogP contribution in [-0.2, 0) is 9.59 Å². The number of benzene rings is 2. The largest absolute Gasteiger partial charge is 0.478 e. The third-order valence-corrected chi connectivity index (χ3v) is 5.19. The second-order valence-electron chi connectivity index (χ2n) is 5.89. The molecule has 1 saturated heterocycles. The number of nitrogens with zero attached hydrogens (tertiary/aromatic N) is 2. The number of hydrogen-bond donors (Lipinski definition) is 2. The molecule has 0 aliphatic carbocycles. The second-order valence-corrected chi connectivity index (χ2v) is 7.08. The van der Waals surface area contributed by atoms with Crippen molar-refractivity contribution in [3.8, 4) is 0 Å². The number of nitrogens with one attached hydrogen (secondary N) is 1. The van der Waals surface area contributed by atoms with E-state index in [1.165, 1.54) is 36.4 Å². The van der Waals surface area contributed by atoms with E-state index >= 15 is 0 Å². The molecule has 2 N–H and O–H groups in total. The number of rotatable bonds is 4. The predicted octanol–water partition coefficient (Wildman–Crippen LogP) is 2.99. The van der Waals surface area contributed by atoms with Crippen LogP contribution in [0.1, 0.15) is 16.8 Å². The van der Waals surface area contributed by atoms with Gasteiger partial charge in [-0.1, -0.05) is 11.8 Å². The van der Waals surface area contributed by atoms with Crippen molar-refractivity contribution in [1.29, 1.82) is 0 Å². The number of anilines is 2. The molecule has 1 atom stereocenters. The maximum absolute atomic E-state index is 13.0. The van der Waals surface area contributed by atoms with Gasteiger partial charge in [-0.2, -0.15) is 0 Å². The summed E-state index contributed by atoms with van der Waals surface area (Å²) in [6.07, 6.45) is -0.00565. The Morgan fingerprint density at radius 1 is 1.18 bits per heavy atom. The van der Waals surface area contributed by atoms with Gasteiger partial charge < -0.3 is 10.4 Å². The molecule has 2 amide bonds. The lowest BCUT2D eigenvalue weighted by Gasteiger charge is -2.16. The summed E-state index contributed by atoms with van der Waals surface area (Å²) in [5.74, 6) is -2.23. The number of imide groups is 1. The minimum atomic E-state index is -1.09. The summed E-state index contributed by atoms with van der Waals surface area (Å²) in [4.78, 5) is 41.2. The van der Waals surface area contributed by atoms with Crippen molar-refractivity contribution in [2.24, 2.45) is 4.99 Å². The van der Waals surface area contributed by atoms with Gasteiger partial charge in [-0.3, -0.25) is 14.6 Å². The standard InChI is InChI=1S/C19H16FN3O4S/c1-21-19(22-13-6-4-12(20)5-7-13)28-15-10-16(24)23(17(15)25)14-8-2-11(3-9-14)18(26)27/h2-9,15H,10H2,1H3,(H,21,22)(H,26,27)/t15-/m1/s1. The molecule has 9 heteroatoms. The molecule has 1 aliphatic heterocycles. The fourth-order valence-corrected chi connectivity index (χ4v) is 3.63. The highest BCUT2D eigenvalue weighted by atomic mass is 32.2. The van der Waals surface area contributed by atoms with Crippen LogP contribution in [0.4, 0.5) is 15.8 Å². The number of halogens is 1. The van der Waals surface area contributed by atoms with E-state index in [-0.39, 0.29) is 23.7 Å². The SMILES string of the molecule is CN=C(Nc1ccc(F)cc1)S[C@@H]1CC(=O)N(c2ccc(C(=O)O)cc2)C1=O. The van der Waals surface area contributed by atoms with Gasteiger partial charge in [-0.15, -0.1) is 0 Å². The van der Waals surface area contributed by atoms with Crippen molar-refractivity contribution < 1.29 is 23.9 Å². The summed E-state index contributed by atoms with van der Waals surface area (Å²) in [7, 11) is 1.54. The summed E-state index contributed by atoms with van der Waals surface area (Å²) >= 11 is 1.11. The second kappa shape index (κ2) is 8.22. The number of carboxylic acid groups (broad SMARTS) is 1. The van der Waals surface area contributed by atoms with E-state index in [2.05, 4.69) is 10.3 Å². The van der Waals surface area contributed by atoms with Crippen LogP contribution in [0.2, 0.25) is 0 Å². The van der Waals surface area contributed by atoms with Crippen LogP contribution in [-0.4, -0.2) is 40.4 Å². The van der Waals surface area contributed by atoms with Gasteiger partial charge in [0.1, 0.15) is 11.1 Å². The maximum atomic E-state index is 13.0. The molecule has 0 bridgehead atoms. The topological polar surface area (TPSA) is 99.1 Å². The number of carbonyl (C=O) groups is 3. The van der Waals surface area contributed by atoms with Crippen LogP contribution in [0.5, 0.6) is 0 Å². The van der Waals surface area contributed by atoms with Gasteiger partial charge in [-0.25, -0.2) is 14.1 Å². The van der Waals surface area contributed by atoms with Crippen molar-refractivity contribution in [3.63, 3.8) is 0 Å². The molecule has 1 aliphatic rings. The van der Waals surface area contributed by atoms with Gasteiger partial charge in [0.15, 0.2) is 5.17 Å². The Morgan fingerprint density at radius 2 is 1.82 bits per heavy atom. The van der Waals surface area contributed by atoms with E-state index in [9.17, 15) is 18.8 Å². The molecule has 144 valence electrons. The van der Waals surface area contributed by atoms with Gasteiger partial charge in [0.25, 0.3) is 0 Å². The van der Waals surface area contributed by atoms with E-state index in [4.69, 9.17) is 5.11 Å². The average Bonchev–Trinajstić information content (AvgIpc) is 2.96. The molecule has 0 saturated carbocycles. The molecule has 7 nitrogen and oxygen atoms in total. The van der Waals surface area contributed by atoms with Gasteiger partial charge in [0, 0.05) is 19.2 Å². The highest BCUT2D eigenvalue weighted by Crippen LogP contribution is 2.31. The van der Waals surface area contributed by atoms with Gasteiger partial charge >= 0.3 is 5.97 Å². The molecule has 0 aromatic heterocycles. The van der Waals surface area contributed by atoms with Crippen LogP contribution in [0.25, 0.3) is 0 Å². The summed E-state index contributed by atoms with van der Waals surface area (Å²) in [5, 5.41) is 11.7. The Balaban J connectivity index is 1.71. The first-order valence-corrected chi connectivity index (χ1v) is 9.13. The highest BCUT2D eigenvalue weighted by molar-refractivity contribution is 8.15. The van der Waals surface area contributed by atoms with Crippen molar-refractivity contribution in [2.75, 3.05) is 17.3 Å². The number of aliphatic imine (C=N–C) groups is 1. The number of thioether (sulfide) groups is 1. The lowest BCUT2D eigenvalue weighted by Crippen LogP contribution is -2.31. The first-order chi connectivity index (χ1) is 13.4. The molecular formula is C19H16FN3O4S. The molecule has 0 unspecified atom stereocenters. The maximum Gasteiger partial charge on any atom is 0.335 e. The van der Waals surface area contributed by atoms with Crippen molar-refractivity contribution in [1.82, 2.24) is 0 Å². The summed E-state index contributed by atoms with van der Waals surface area (Å²) in [6.45, 7) is 0. The zero-order valence-corrected chi connectivity index (χ0v) is 15.6. The summed E-state index contributed by atoms with van der Waals surface area (Å²) in [5.41, 5.74) is 0.995. The lowest BCUT2D eigenvalue weighted by atomic mass is 10.2. The van der Waals surface area contributed by atoms with Crippen molar-refractivity contribution in [2.45, 2.75) is 11.7 Å². The third-order valence-electron chi connectivity index (χ3n) is 4.03. The first kappa shape index (κ1) is 19.6. The quantitative estimate of drug-likeness (QED) is 0.464. The molecular weight excluding hydrogens is 385 g/mol. The van der Waals surface area contributed by atoms with Gasteiger partial charge in [0.2, 0.25) is 11.8 Å². The van der Waals surface area contributed by atoms with E-state index in [0.717, 1.165) is 16.7 Å². The fraction of sp³-hybridized carbons (Fsp3) is 0.158. The average molecular weight is 401 g/mol. The minimum Gasteiger partial charge on any atom is -0.478 e. The highest BCUT2D eigenvalue weighted by Gasteiger charge is 2.40. The third kappa shape index (κ3) is 4.20. The van der Waals surface area contributed by atoms with Crippen molar-refractivity contribution in [3.05, 3.63) is 59.9 Å². The van der Waals surface area contributed by atoms with Crippen LogP contribution in [0.15, 0.2) is 53.5 Å². The fourth-order valence-electron chi connectivity index (χ4n) is 2.65. The predicted molar refractivity (Wildman–Crippen MR) is 105 cm³/mol. The number of amidine groups is 1. The van der Waals surface area contributed by atoms with Crippen molar-refractivity contribution >= 4 is 46.1 Å². The smallest absolute Gasteiger partial charge is 0.335 e. The Hall–Kier alpha value is -3.20. The number of aromatic carboxylic acids is 1. The number of carboxylic acids is 1. The van der Waals surface area contributed by atoms with E-state index in [0.29, 0.717) is 16.5 Å². The molecule has 3 rings (SSSR count). The Kier molecular flexibility index (Phi) is 5.74. The number of hydrogen-bond acceptors (Lipinski definition) is 5. The molecule has 1 heterocycles. The zero-order valence-electron chi connectivity index (χ0n) is 14.8. The van der Waals surface area contributed by atoms with Crippen LogP contribution in [0, 0.1) is 5.82 Å². The molecule has 2 aromatic carbocycles. The molecule has 0 radical (unpaired) electrons. The summed E-state index contributed by atoms with van der Waals surface area (Å²) in [6, 6.07) is 11.2. The Labute approximate surface area is 164 Å². The van der Waals surface area contributed by atoms with E-state index in [1.54, 1.807) is 19.2 Å². The summed E-state index contributed by atoms with van der Waals surface area (Å²) < 4.78 is 13.0. The van der Waals surface area contributed by atoms with Crippen LogP contribution in [0.3, 0.4) is 0 Å². The lowest BCUT2D eigenvalue weighted by molar-refractivity contribution is -0.121. The van der Waals surface area contributed by atoms with Crippen LogP contribution < -0.4 is 10.2 Å². The number of carbonyl (C=O) groups excluding carboxylic acids is 2. The molecule has 28 heavy (non-hydrogen) atoms. The first-order valence-electron chi connectivity index (χ1n) is 8.25. The zero-order chi connectivity index (χ0) is 20.3. The number of amides is 2. The van der Waals surface area contributed by atoms with E-state index < -0.39 is 17.1 Å². The van der Waals surface area contributed by atoms with Crippen LogP contribution >= 0.6 is 11.8 Å². The van der Waals surface area contributed by atoms with Gasteiger partial charge in [-0.05, 0) is 48.5 Å². The Morgan fingerprint density at radius 3 is 2.39 bits per heavy atom. The van der Waals surface area contributed by atoms with Gasteiger partial charge in [0.05, 0.1) is 11.3 Å². The Bertz CT molecular complexity index is 945. The molecule has 2 aromatic rings. The minimum absolute atomic E-state index is 0.00565.